The minimum absolute atomic E-state index is 0.0847. The van der Waals surface area contributed by atoms with Crippen LogP contribution in [0.1, 0.15) is 49.7 Å². The number of rotatable bonds is 13. The van der Waals surface area contributed by atoms with Gasteiger partial charge in [-0.15, -0.1) is 0 Å². The molecule has 1 saturated carbocycles. The molecular formula is C32H38ClN3O4S. The molecule has 0 aliphatic heterocycles. The number of amides is 2. The number of anilines is 1. The lowest BCUT2D eigenvalue weighted by Gasteiger charge is -2.33. The average Bonchev–Trinajstić information content (AvgIpc) is 3.46. The van der Waals surface area contributed by atoms with Crippen molar-refractivity contribution in [2.24, 2.45) is 0 Å². The van der Waals surface area contributed by atoms with Crippen molar-refractivity contribution in [1.82, 2.24) is 10.2 Å². The lowest BCUT2D eigenvalue weighted by atomic mass is 10.0. The molecule has 1 aliphatic rings. The summed E-state index contributed by atoms with van der Waals surface area (Å²) >= 11 is 6.11. The average molecular weight is 596 g/mol. The third-order valence-corrected chi connectivity index (χ3v) is 8.85. The van der Waals surface area contributed by atoms with Crippen LogP contribution in [0.5, 0.6) is 0 Å². The Balaban J connectivity index is 1.56. The number of hydrogen-bond acceptors (Lipinski definition) is 4. The molecule has 1 N–H and O–H groups in total. The van der Waals surface area contributed by atoms with Gasteiger partial charge in [-0.1, -0.05) is 91.2 Å². The minimum atomic E-state index is -3.60. The fraction of sp³-hybridized carbons (Fsp3) is 0.375. The molecule has 0 aromatic heterocycles. The molecule has 7 nitrogen and oxygen atoms in total. The highest BCUT2D eigenvalue weighted by Gasteiger charge is 2.32. The Labute approximate surface area is 248 Å². The second kappa shape index (κ2) is 14.5. The molecule has 2 amide bonds. The first kappa shape index (κ1) is 30.6. The van der Waals surface area contributed by atoms with Gasteiger partial charge in [0.1, 0.15) is 6.04 Å². The van der Waals surface area contributed by atoms with Gasteiger partial charge >= 0.3 is 0 Å². The number of carbonyl (C=O) groups is 2. The fourth-order valence-corrected chi connectivity index (χ4v) is 6.48. The van der Waals surface area contributed by atoms with Crippen LogP contribution in [0.4, 0.5) is 5.69 Å². The first-order chi connectivity index (χ1) is 19.7. The van der Waals surface area contributed by atoms with Crippen molar-refractivity contribution in [3.8, 4) is 0 Å². The summed E-state index contributed by atoms with van der Waals surface area (Å²) in [6.07, 6.45) is 5.96. The SMILES string of the molecule is CS(=O)(=O)N(CCCC(=O)N(Cc1ccccc1)[C@@H](Cc1ccccc1)C(=O)NC1CCCC1)c1cccc(Cl)c1. The standard InChI is InChI=1S/C32H38ClN3O4S/c1-41(39,40)36(29-19-10-16-27(33)23-29)21-11-20-31(37)35(24-26-14-6-3-7-15-26)30(22-25-12-4-2-5-13-25)32(38)34-28-17-8-9-18-28/h2-7,10,12-16,19,23,28,30H,8-9,11,17-18,20-22,24H2,1H3,(H,34,38)/t30-/m0/s1. The summed E-state index contributed by atoms with van der Waals surface area (Å²) in [5, 5.41) is 3.64. The van der Waals surface area contributed by atoms with Crippen molar-refractivity contribution < 1.29 is 18.0 Å². The lowest BCUT2D eigenvalue weighted by Crippen LogP contribution is -2.52. The number of nitrogens with one attached hydrogen (secondary N) is 1. The number of carbonyl (C=O) groups excluding carboxylic acids is 2. The van der Waals surface area contributed by atoms with Gasteiger partial charge in [0.15, 0.2) is 0 Å². The van der Waals surface area contributed by atoms with Crippen molar-refractivity contribution >= 4 is 39.1 Å². The quantitative estimate of drug-likeness (QED) is 0.279. The van der Waals surface area contributed by atoms with Crippen molar-refractivity contribution in [1.29, 1.82) is 0 Å². The molecule has 3 aromatic rings. The minimum Gasteiger partial charge on any atom is -0.352 e. The molecule has 41 heavy (non-hydrogen) atoms. The normalized spacial score (nSPS) is 14.4. The summed E-state index contributed by atoms with van der Waals surface area (Å²) in [5.74, 6) is -0.349. The van der Waals surface area contributed by atoms with E-state index in [1.165, 1.54) is 4.31 Å². The van der Waals surface area contributed by atoms with Crippen LogP contribution in [0.15, 0.2) is 84.9 Å². The van der Waals surface area contributed by atoms with E-state index in [-0.39, 0.29) is 43.8 Å². The smallest absolute Gasteiger partial charge is 0.243 e. The Morgan fingerprint density at radius 2 is 1.56 bits per heavy atom. The van der Waals surface area contributed by atoms with Crippen LogP contribution in [0.25, 0.3) is 0 Å². The van der Waals surface area contributed by atoms with Crippen LogP contribution in [0.2, 0.25) is 5.02 Å². The van der Waals surface area contributed by atoms with Crippen LogP contribution < -0.4 is 9.62 Å². The van der Waals surface area contributed by atoms with Gasteiger partial charge in [0.2, 0.25) is 21.8 Å². The monoisotopic (exact) mass is 595 g/mol. The molecule has 9 heteroatoms. The summed E-state index contributed by atoms with van der Waals surface area (Å²) in [6, 6.07) is 25.4. The van der Waals surface area contributed by atoms with Crippen LogP contribution in [-0.2, 0) is 32.6 Å². The summed E-state index contributed by atoms with van der Waals surface area (Å²) in [6.45, 7) is 0.390. The topological polar surface area (TPSA) is 86.8 Å². The molecule has 4 rings (SSSR count). The van der Waals surface area contributed by atoms with E-state index in [0.717, 1.165) is 43.1 Å². The van der Waals surface area contributed by atoms with Crippen molar-refractivity contribution in [3.05, 3.63) is 101 Å². The van der Waals surface area contributed by atoms with Crippen LogP contribution in [0, 0.1) is 0 Å². The summed E-state index contributed by atoms with van der Waals surface area (Å²) in [7, 11) is -3.60. The maximum absolute atomic E-state index is 13.9. The van der Waals surface area contributed by atoms with Gasteiger partial charge in [-0.05, 0) is 48.6 Å². The molecular weight excluding hydrogens is 558 g/mol. The zero-order valence-corrected chi connectivity index (χ0v) is 25.0. The van der Waals surface area contributed by atoms with Crippen LogP contribution in [-0.4, -0.2) is 50.0 Å². The van der Waals surface area contributed by atoms with Crippen LogP contribution >= 0.6 is 11.6 Å². The van der Waals surface area contributed by atoms with Crippen LogP contribution in [0.3, 0.4) is 0 Å². The van der Waals surface area contributed by atoms with Gasteiger partial charge in [0.25, 0.3) is 0 Å². The first-order valence-corrected chi connectivity index (χ1v) is 16.3. The Morgan fingerprint density at radius 1 is 0.927 bits per heavy atom. The second-order valence-electron chi connectivity index (χ2n) is 10.6. The third kappa shape index (κ3) is 9.07. The van der Waals surface area contributed by atoms with Crippen molar-refractivity contribution in [2.75, 3.05) is 17.1 Å². The maximum Gasteiger partial charge on any atom is 0.243 e. The van der Waals surface area contributed by atoms with Gasteiger partial charge in [-0.3, -0.25) is 13.9 Å². The summed E-state index contributed by atoms with van der Waals surface area (Å²) < 4.78 is 26.5. The van der Waals surface area contributed by atoms with E-state index in [1.54, 1.807) is 29.2 Å². The zero-order valence-electron chi connectivity index (χ0n) is 23.4. The van der Waals surface area contributed by atoms with E-state index >= 15 is 0 Å². The number of halogens is 1. The number of sulfonamides is 1. The zero-order chi connectivity index (χ0) is 29.2. The molecule has 0 spiro atoms. The molecule has 0 bridgehead atoms. The number of benzene rings is 3. The molecule has 0 saturated heterocycles. The predicted molar refractivity (Wildman–Crippen MR) is 164 cm³/mol. The van der Waals surface area contributed by atoms with Gasteiger partial charge in [0.05, 0.1) is 11.9 Å². The third-order valence-electron chi connectivity index (χ3n) is 7.42. The van der Waals surface area contributed by atoms with E-state index in [9.17, 15) is 18.0 Å². The second-order valence-corrected chi connectivity index (χ2v) is 13.0. The van der Waals surface area contributed by atoms with Gasteiger partial charge < -0.3 is 10.2 Å². The molecule has 0 radical (unpaired) electrons. The molecule has 1 aliphatic carbocycles. The van der Waals surface area contributed by atoms with E-state index in [2.05, 4.69) is 5.32 Å². The Bertz CT molecular complexity index is 1400. The van der Waals surface area contributed by atoms with Gasteiger partial charge in [0, 0.05) is 37.0 Å². The molecule has 218 valence electrons. The van der Waals surface area contributed by atoms with Crippen molar-refractivity contribution in [2.45, 2.75) is 63.6 Å². The summed E-state index contributed by atoms with van der Waals surface area (Å²) in [5.41, 5.74) is 2.34. The largest absolute Gasteiger partial charge is 0.352 e. The Morgan fingerprint density at radius 3 is 2.17 bits per heavy atom. The van der Waals surface area contributed by atoms with E-state index in [0.29, 0.717) is 17.1 Å². The van der Waals surface area contributed by atoms with Crippen molar-refractivity contribution in [3.63, 3.8) is 0 Å². The Hall–Kier alpha value is -3.36. The molecule has 3 aromatic carbocycles. The molecule has 1 atom stereocenters. The molecule has 0 unspecified atom stereocenters. The first-order valence-electron chi connectivity index (χ1n) is 14.1. The van der Waals surface area contributed by atoms with Gasteiger partial charge in [-0.25, -0.2) is 8.42 Å². The predicted octanol–water partition coefficient (Wildman–Crippen LogP) is 5.59. The summed E-state index contributed by atoms with van der Waals surface area (Å²) in [4.78, 5) is 29.3. The number of nitrogens with zero attached hydrogens (tertiary/aromatic N) is 2. The highest BCUT2D eigenvalue weighted by molar-refractivity contribution is 7.92. The molecule has 0 heterocycles. The number of hydrogen-bond donors (Lipinski definition) is 1. The fourth-order valence-electron chi connectivity index (χ4n) is 5.34. The van der Waals surface area contributed by atoms with E-state index in [1.807, 2.05) is 60.7 Å². The maximum atomic E-state index is 13.9. The lowest BCUT2D eigenvalue weighted by molar-refractivity contribution is -0.141. The Kier molecular flexibility index (Phi) is 10.8. The highest BCUT2D eigenvalue weighted by atomic mass is 35.5. The highest BCUT2D eigenvalue weighted by Crippen LogP contribution is 2.24. The van der Waals surface area contributed by atoms with E-state index < -0.39 is 16.1 Å². The van der Waals surface area contributed by atoms with E-state index in [4.69, 9.17) is 11.6 Å². The van der Waals surface area contributed by atoms with Gasteiger partial charge in [-0.2, -0.15) is 0 Å². The molecule has 1 fully saturated rings.